The summed E-state index contributed by atoms with van der Waals surface area (Å²) in [6.07, 6.45) is 1.95. The molecule has 4 fully saturated rings. The number of carbonyl (C=O) groups is 4. The van der Waals surface area contributed by atoms with Crippen LogP contribution < -0.4 is 0 Å². The number of hydrogen-bond acceptors (Lipinski definition) is 8. The van der Waals surface area contributed by atoms with Gasteiger partial charge in [0.25, 0.3) is 0 Å². The molecule has 0 atom stereocenters. The Hall–Kier alpha value is -6.31. The van der Waals surface area contributed by atoms with E-state index in [-0.39, 0.29) is 23.6 Å². The summed E-state index contributed by atoms with van der Waals surface area (Å²) >= 11 is 19.9. The molecule has 4 aliphatic rings. The van der Waals surface area contributed by atoms with E-state index in [2.05, 4.69) is 196 Å². The van der Waals surface area contributed by atoms with Crippen molar-refractivity contribution < 1.29 is 19.2 Å². The van der Waals surface area contributed by atoms with Crippen LogP contribution in [0.15, 0.2) is 206 Å². The molecule has 0 unspecified atom stereocenters. The maximum atomic E-state index is 12.5. The molecule has 4 amide bonds. The summed E-state index contributed by atoms with van der Waals surface area (Å²) in [4.78, 5) is 67.5. The fourth-order valence-electron chi connectivity index (χ4n) is 12.3. The zero-order valence-electron chi connectivity index (χ0n) is 58.0. The van der Waals surface area contributed by atoms with Crippen molar-refractivity contribution in [2.45, 2.75) is 92.4 Å². The largest absolute Gasteiger partial charge is 0.340 e. The van der Waals surface area contributed by atoms with Gasteiger partial charge in [-0.3, -0.25) is 38.8 Å². The lowest BCUT2D eigenvalue weighted by atomic mass is 10.0. The number of carbonyl (C=O) groups excluding carboxylic acids is 4. The highest BCUT2D eigenvalue weighted by atomic mass is 79.9. The van der Waals surface area contributed by atoms with Crippen molar-refractivity contribution in [3.63, 3.8) is 0 Å². The van der Waals surface area contributed by atoms with Crippen LogP contribution in [0.3, 0.4) is 0 Å². The molecule has 4 heterocycles. The van der Waals surface area contributed by atoms with Crippen LogP contribution in [-0.4, -0.2) is 168 Å². The van der Waals surface area contributed by atoms with Gasteiger partial charge in [-0.1, -0.05) is 234 Å². The van der Waals surface area contributed by atoms with Gasteiger partial charge < -0.3 is 19.6 Å². The lowest BCUT2D eigenvalue weighted by Gasteiger charge is -2.35. The smallest absolute Gasteiger partial charge is 0.227 e. The zero-order chi connectivity index (χ0) is 70.2. The van der Waals surface area contributed by atoms with Gasteiger partial charge in [-0.05, 0) is 137 Å². The molecule has 12 rings (SSSR count). The van der Waals surface area contributed by atoms with Crippen LogP contribution in [-0.2, 0) is 71.0 Å². The first-order valence-corrected chi connectivity index (χ1v) is 38.2. The molecule has 12 nitrogen and oxygen atoms in total. The number of halogens is 5. The molecule has 522 valence electrons. The summed E-state index contributed by atoms with van der Waals surface area (Å²) < 4.78 is 4.17. The predicted octanol–water partition coefficient (Wildman–Crippen LogP) is 16.0. The fourth-order valence-corrected chi connectivity index (χ4v) is 13.6. The first kappa shape index (κ1) is 76.9. The minimum atomic E-state index is 0.209. The monoisotopic (exact) mass is 1610 g/mol. The molecule has 0 radical (unpaired) electrons. The molecule has 0 saturated carbocycles. The van der Waals surface area contributed by atoms with Crippen molar-refractivity contribution in [3.8, 4) is 0 Å². The van der Waals surface area contributed by atoms with Crippen molar-refractivity contribution in [1.29, 1.82) is 0 Å². The topological polar surface area (TPSA) is 94.2 Å². The number of piperazine rings is 4. The SMILES string of the molecule is CC(C)c1ccc(CN2CCN(C(=O)Cc3ccc(Br)cc3)CC2)cc1.Cc1ccc(CN2CCN(C(=O)Cc3ccc(Br)cc3)CC2)cc1.Cc1ccc(CN2CCN(C(=O)Cc3ccc(Br)cc3)CC2)cc1.Cc1ccc(CN2CCN(C(=O)Cc3ccc(Br)cc3)CC2)cc1Cl. The van der Waals surface area contributed by atoms with Gasteiger partial charge in [0.15, 0.2) is 0 Å². The number of benzene rings is 8. The van der Waals surface area contributed by atoms with Crippen LogP contribution in [0.1, 0.15) is 86.5 Å². The van der Waals surface area contributed by atoms with E-state index in [1.54, 1.807) is 0 Å². The summed E-state index contributed by atoms with van der Waals surface area (Å²) in [6, 6.07) is 64.6. The van der Waals surface area contributed by atoms with Crippen LogP contribution in [0, 0.1) is 20.8 Å². The lowest BCUT2D eigenvalue weighted by Crippen LogP contribution is -2.48. The Labute approximate surface area is 627 Å². The normalized spacial score (nSPS) is 15.5. The highest BCUT2D eigenvalue weighted by molar-refractivity contribution is 9.11. The highest BCUT2D eigenvalue weighted by Crippen LogP contribution is 2.23. The second-order valence-corrected chi connectivity index (χ2v) is 30.9. The Kier molecular flexibility index (Phi) is 30.4. The Morgan fingerprint density at radius 2 is 0.535 bits per heavy atom. The number of nitrogens with zero attached hydrogens (tertiary/aromatic N) is 8. The summed E-state index contributed by atoms with van der Waals surface area (Å²) in [7, 11) is 0. The third-order valence-corrected chi connectivity index (χ3v) is 21.2. The Bertz CT molecular complexity index is 3690. The molecule has 4 aliphatic heterocycles. The van der Waals surface area contributed by atoms with Crippen molar-refractivity contribution in [2.75, 3.05) is 105 Å². The van der Waals surface area contributed by atoms with Crippen LogP contribution in [0.25, 0.3) is 0 Å². The van der Waals surface area contributed by atoms with Gasteiger partial charge in [0.05, 0.1) is 25.7 Å². The molecule has 4 saturated heterocycles. The fraction of sp³-hybridized carbons (Fsp3) is 0.366. The average Bonchev–Trinajstić information content (AvgIpc) is 0.948. The molecule has 0 spiro atoms. The molecule has 0 bridgehead atoms. The summed E-state index contributed by atoms with van der Waals surface area (Å²) in [5.41, 5.74) is 14.6. The van der Waals surface area contributed by atoms with Gasteiger partial charge in [0, 0.05) is 154 Å². The van der Waals surface area contributed by atoms with Gasteiger partial charge in [0.2, 0.25) is 23.6 Å². The first-order chi connectivity index (χ1) is 47.7. The lowest BCUT2D eigenvalue weighted by molar-refractivity contribution is -0.133. The third kappa shape index (κ3) is 25.9. The molecule has 8 aromatic carbocycles. The van der Waals surface area contributed by atoms with E-state index >= 15 is 0 Å². The molecule has 17 heteroatoms. The summed E-state index contributed by atoms with van der Waals surface area (Å²) in [5.74, 6) is 1.47. The van der Waals surface area contributed by atoms with E-state index in [9.17, 15) is 19.2 Å². The van der Waals surface area contributed by atoms with Crippen LogP contribution in [0.2, 0.25) is 5.02 Å². The quantitative estimate of drug-likeness (QED) is 0.0890. The van der Waals surface area contributed by atoms with E-state index in [0.29, 0.717) is 31.6 Å². The van der Waals surface area contributed by atoms with Gasteiger partial charge in [0.1, 0.15) is 0 Å². The van der Waals surface area contributed by atoms with Crippen molar-refractivity contribution in [3.05, 3.63) is 278 Å². The maximum absolute atomic E-state index is 12.5. The van der Waals surface area contributed by atoms with Crippen molar-refractivity contribution >= 4 is 98.9 Å². The van der Waals surface area contributed by atoms with Crippen LogP contribution in [0.4, 0.5) is 0 Å². The third-order valence-electron chi connectivity index (χ3n) is 18.7. The second-order valence-electron chi connectivity index (χ2n) is 26.8. The molecule has 0 aliphatic carbocycles. The Morgan fingerprint density at radius 3 is 0.778 bits per heavy atom. The molecule has 8 aromatic rings. The van der Waals surface area contributed by atoms with E-state index < -0.39 is 0 Å². The van der Waals surface area contributed by atoms with E-state index in [1.165, 1.54) is 38.9 Å². The van der Waals surface area contributed by atoms with Crippen LogP contribution in [0.5, 0.6) is 0 Å². The minimum Gasteiger partial charge on any atom is -0.340 e. The highest BCUT2D eigenvalue weighted by Gasteiger charge is 2.26. The maximum Gasteiger partial charge on any atom is 0.227 e. The van der Waals surface area contributed by atoms with Crippen LogP contribution >= 0.6 is 75.3 Å². The number of aryl methyl sites for hydroxylation is 3. The van der Waals surface area contributed by atoms with Gasteiger partial charge >= 0.3 is 0 Å². The second kappa shape index (κ2) is 39.2. The van der Waals surface area contributed by atoms with E-state index in [4.69, 9.17) is 11.6 Å². The van der Waals surface area contributed by atoms with Gasteiger partial charge in [-0.15, -0.1) is 0 Å². The van der Waals surface area contributed by atoms with Crippen molar-refractivity contribution in [2.24, 2.45) is 0 Å². The number of amides is 4. The van der Waals surface area contributed by atoms with E-state index in [0.717, 1.165) is 182 Å². The predicted molar refractivity (Wildman–Crippen MR) is 418 cm³/mol. The summed E-state index contributed by atoms with van der Waals surface area (Å²) in [5, 5.41) is 0.820. The Morgan fingerprint density at radius 1 is 0.313 bits per heavy atom. The molecule has 0 aromatic heterocycles. The molecular formula is C82H95Br4ClN8O4. The number of rotatable bonds is 17. The van der Waals surface area contributed by atoms with E-state index in [1.807, 2.05) is 130 Å². The molecule has 0 N–H and O–H groups in total. The molecular weight excluding hydrogens is 1520 g/mol. The van der Waals surface area contributed by atoms with Crippen molar-refractivity contribution in [1.82, 2.24) is 39.2 Å². The minimum absolute atomic E-state index is 0.209. The van der Waals surface area contributed by atoms with Gasteiger partial charge in [-0.25, -0.2) is 0 Å². The number of hydrogen-bond donors (Lipinski definition) is 0. The standard InChI is InChI=1S/C22H27BrN2O.C20H22BrClN2O.2C20H23BrN2O/c1-17(2)20-7-3-19(4-8-20)16-24-11-13-25(14-12-24)22(26)15-18-5-9-21(23)10-6-18;1-15-2-3-17(12-19(15)22)14-23-8-10-24(11-9-23)20(25)13-16-4-6-18(21)7-5-16;2*1-16-2-4-18(5-3-16)15-22-10-12-23(13-11-22)20(24)14-17-6-8-19(21)9-7-17/h3-10,17H,11-16H2,1-2H3;2-7,12H,8-11,13-14H2,1H3;2*2-9H,10-15H2,1H3. The summed E-state index contributed by atoms with van der Waals surface area (Å²) in [6.45, 7) is 28.4. The first-order valence-electron chi connectivity index (χ1n) is 34.7. The zero-order valence-corrected chi connectivity index (χ0v) is 65.1. The van der Waals surface area contributed by atoms with Gasteiger partial charge in [-0.2, -0.15) is 0 Å². The average molecular weight is 1610 g/mol. The molecule has 99 heavy (non-hydrogen) atoms. The Balaban J connectivity index is 0.000000154.